The molecule has 2 heterocycles. The molecule has 1 atom stereocenters. The van der Waals surface area contributed by atoms with E-state index in [1.165, 1.54) is 9.80 Å². The van der Waals surface area contributed by atoms with E-state index in [2.05, 4.69) is 5.32 Å². The first-order chi connectivity index (χ1) is 14.6. The van der Waals surface area contributed by atoms with E-state index in [0.29, 0.717) is 17.1 Å². The number of aryl methyl sites for hydroxylation is 1. The maximum Gasteiger partial charge on any atom is 0.332 e. The van der Waals surface area contributed by atoms with Crippen LogP contribution in [0.5, 0.6) is 0 Å². The van der Waals surface area contributed by atoms with E-state index in [0.717, 1.165) is 10.5 Å². The van der Waals surface area contributed by atoms with Crippen molar-refractivity contribution >= 4 is 40.8 Å². The predicted molar refractivity (Wildman–Crippen MR) is 117 cm³/mol. The van der Waals surface area contributed by atoms with Crippen LogP contribution >= 0.6 is 0 Å². The van der Waals surface area contributed by atoms with Gasteiger partial charge in [0.1, 0.15) is 18.1 Å². The van der Waals surface area contributed by atoms with E-state index in [9.17, 15) is 19.2 Å². The molecule has 8 heteroatoms. The van der Waals surface area contributed by atoms with Crippen LogP contribution in [-0.4, -0.2) is 46.8 Å². The topological polar surface area (TPSA) is 90.0 Å². The molecule has 5 amide bonds. The molecule has 1 fully saturated rings. The summed E-state index contributed by atoms with van der Waals surface area (Å²) >= 11 is 0. The fourth-order valence-corrected chi connectivity index (χ4v) is 4.02. The van der Waals surface area contributed by atoms with Gasteiger partial charge in [-0.3, -0.25) is 29.1 Å². The van der Waals surface area contributed by atoms with Gasteiger partial charge >= 0.3 is 6.03 Å². The highest BCUT2D eigenvalue weighted by Gasteiger charge is 2.48. The van der Waals surface area contributed by atoms with Gasteiger partial charge in [0.25, 0.3) is 5.91 Å². The Hall–Kier alpha value is -3.68. The molecule has 0 radical (unpaired) electrons. The minimum Gasteiger partial charge on any atom is -0.322 e. The Morgan fingerprint density at radius 1 is 1.03 bits per heavy atom. The number of nitrogens with one attached hydrogen (secondary N) is 1. The molecular formula is C23H24N4O4. The molecule has 1 saturated heterocycles. The first kappa shape index (κ1) is 20.6. The van der Waals surface area contributed by atoms with Crippen molar-refractivity contribution in [3.63, 3.8) is 0 Å². The summed E-state index contributed by atoms with van der Waals surface area (Å²) in [6, 6.07) is 12.9. The number of para-hydroxylation sites is 2. The Labute approximate surface area is 180 Å². The lowest BCUT2D eigenvalue weighted by atomic mass is 9.96. The van der Waals surface area contributed by atoms with Crippen molar-refractivity contribution in [1.29, 1.82) is 0 Å². The summed E-state index contributed by atoms with van der Waals surface area (Å²) in [6.07, 6.45) is 0. The number of hydrogen-bond donors (Lipinski definition) is 1. The Kier molecular flexibility index (Phi) is 4.80. The summed E-state index contributed by atoms with van der Waals surface area (Å²) in [5.74, 6) is -1.30. The standard InChI is InChI=1S/C23H24N4O4/c1-14-9-11-16(12-10-14)26-15(2)20(29)25(22(26)31)13-19(28)27-18-8-6-5-7-17(18)24-21(30)23(27,3)4/h5-12,15H,13H2,1-4H3,(H,24,30)/t15-/m0/s1. The van der Waals surface area contributed by atoms with Crippen molar-refractivity contribution in [2.75, 3.05) is 21.7 Å². The van der Waals surface area contributed by atoms with Gasteiger partial charge in [0.2, 0.25) is 11.8 Å². The third-order valence-corrected chi connectivity index (χ3v) is 5.81. The lowest BCUT2D eigenvalue weighted by Gasteiger charge is -2.42. The SMILES string of the molecule is Cc1ccc(N2C(=O)N(CC(=O)N3c4ccccc4NC(=O)C3(C)C)C(=O)[C@@H]2C)cc1. The molecule has 1 N–H and O–H groups in total. The number of anilines is 3. The second-order valence-corrected chi connectivity index (χ2v) is 8.35. The Morgan fingerprint density at radius 3 is 2.35 bits per heavy atom. The number of imide groups is 1. The summed E-state index contributed by atoms with van der Waals surface area (Å²) < 4.78 is 0. The molecule has 4 rings (SSSR count). The number of carbonyl (C=O) groups excluding carboxylic acids is 4. The van der Waals surface area contributed by atoms with E-state index >= 15 is 0 Å². The average molecular weight is 420 g/mol. The van der Waals surface area contributed by atoms with Gasteiger partial charge in [-0.25, -0.2) is 4.79 Å². The van der Waals surface area contributed by atoms with Gasteiger partial charge in [0, 0.05) is 5.69 Å². The molecule has 31 heavy (non-hydrogen) atoms. The molecule has 0 bridgehead atoms. The maximum atomic E-state index is 13.3. The Morgan fingerprint density at radius 2 is 1.68 bits per heavy atom. The fraction of sp³-hybridized carbons (Fsp3) is 0.304. The lowest BCUT2D eigenvalue weighted by Crippen LogP contribution is -2.60. The van der Waals surface area contributed by atoms with Crippen molar-refractivity contribution in [3.05, 3.63) is 54.1 Å². The van der Waals surface area contributed by atoms with Crippen LogP contribution in [0.15, 0.2) is 48.5 Å². The fourth-order valence-electron chi connectivity index (χ4n) is 4.02. The van der Waals surface area contributed by atoms with Gasteiger partial charge in [-0.2, -0.15) is 0 Å². The van der Waals surface area contributed by atoms with E-state index in [1.54, 1.807) is 57.2 Å². The molecule has 0 spiro atoms. The summed E-state index contributed by atoms with van der Waals surface area (Å²) in [5.41, 5.74) is 1.48. The molecular weight excluding hydrogens is 396 g/mol. The number of nitrogens with zero attached hydrogens (tertiary/aromatic N) is 3. The van der Waals surface area contributed by atoms with Crippen LogP contribution in [0.4, 0.5) is 21.9 Å². The van der Waals surface area contributed by atoms with Gasteiger partial charge in [0.05, 0.1) is 11.4 Å². The minimum atomic E-state index is -1.18. The van der Waals surface area contributed by atoms with Gasteiger partial charge in [-0.15, -0.1) is 0 Å². The van der Waals surface area contributed by atoms with Crippen molar-refractivity contribution in [3.8, 4) is 0 Å². The normalized spacial score (nSPS) is 20.1. The summed E-state index contributed by atoms with van der Waals surface area (Å²) in [5, 5.41) is 2.80. The van der Waals surface area contributed by atoms with Crippen molar-refractivity contribution in [1.82, 2.24) is 4.90 Å². The second kappa shape index (κ2) is 7.23. The molecule has 2 aliphatic rings. The molecule has 0 unspecified atom stereocenters. The number of rotatable bonds is 3. The van der Waals surface area contributed by atoms with Crippen LogP contribution in [0.25, 0.3) is 0 Å². The van der Waals surface area contributed by atoms with Gasteiger partial charge in [0.15, 0.2) is 0 Å². The van der Waals surface area contributed by atoms with Crippen LogP contribution in [0.2, 0.25) is 0 Å². The monoisotopic (exact) mass is 420 g/mol. The Bertz CT molecular complexity index is 1090. The Balaban J connectivity index is 1.64. The van der Waals surface area contributed by atoms with E-state index in [4.69, 9.17) is 0 Å². The van der Waals surface area contributed by atoms with Gasteiger partial charge in [-0.1, -0.05) is 29.8 Å². The van der Waals surface area contributed by atoms with Gasteiger partial charge in [-0.05, 0) is 52.0 Å². The van der Waals surface area contributed by atoms with Crippen molar-refractivity contribution < 1.29 is 19.2 Å². The van der Waals surface area contributed by atoms with Gasteiger partial charge < -0.3 is 5.32 Å². The largest absolute Gasteiger partial charge is 0.332 e. The number of benzene rings is 2. The molecule has 0 aliphatic carbocycles. The number of carbonyl (C=O) groups is 4. The zero-order valence-electron chi connectivity index (χ0n) is 17.9. The predicted octanol–water partition coefficient (Wildman–Crippen LogP) is 2.92. The highest BCUT2D eigenvalue weighted by molar-refractivity contribution is 6.18. The number of urea groups is 1. The highest BCUT2D eigenvalue weighted by Crippen LogP contribution is 2.37. The lowest BCUT2D eigenvalue weighted by molar-refractivity contribution is -0.132. The molecule has 2 aromatic rings. The zero-order valence-corrected chi connectivity index (χ0v) is 17.9. The molecule has 160 valence electrons. The smallest absolute Gasteiger partial charge is 0.322 e. The summed E-state index contributed by atoms with van der Waals surface area (Å²) in [4.78, 5) is 55.6. The minimum absolute atomic E-state index is 0.340. The van der Waals surface area contributed by atoms with E-state index in [1.807, 2.05) is 19.1 Å². The number of fused-ring (bicyclic) bond motifs is 1. The molecule has 0 saturated carbocycles. The highest BCUT2D eigenvalue weighted by atomic mass is 16.2. The molecule has 2 aliphatic heterocycles. The number of amides is 5. The van der Waals surface area contributed by atoms with Crippen LogP contribution in [-0.2, 0) is 14.4 Å². The zero-order chi connectivity index (χ0) is 22.5. The first-order valence-electron chi connectivity index (χ1n) is 10.1. The maximum absolute atomic E-state index is 13.3. The van der Waals surface area contributed by atoms with E-state index < -0.39 is 36.0 Å². The summed E-state index contributed by atoms with van der Waals surface area (Å²) in [6.45, 7) is 6.38. The van der Waals surface area contributed by atoms with Crippen LogP contribution in [0.1, 0.15) is 26.3 Å². The third-order valence-electron chi connectivity index (χ3n) is 5.81. The molecule has 2 aromatic carbocycles. The molecule has 8 nitrogen and oxygen atoms in total. The van der Waals surface area contributed by atoms with Crippen LogP contribution in [0.3, 0.4) is 0 Å². The second-order valence-electron chi connectivity index (χ2n) is 8.35. The molecule has 0 aromatic heterocycles. The third kappa shape index (κ3) is 3.24. The van der Waals surface area contributed by atoms with Crippen LogP contribution < -0.4 is 15.1 Å². The number of hydrogen-bond acceptors (Lipinski definition) is 4. The first-order valence-corrected chi connectivity index (χ1v) is 10.1. The summed E-state index contributed by atoms with van der Waals surface area (Å²) in [7, 11) is 0. The van der Waals surface area contributed by atoms with Crippen molar-refractivity contribution in [2.45, 2.75) is 39.3 Å². The van der Waals surface area contributed by atoms with Crippen LogP contribution in [0, 0.1) is 6.92 Å². The average Bonchev–Trinajstić information content (AvgIpc) is 2.93. The van der Waals surface area contributed by atoms with E-state index in [-0.39, 0.29) is 5.91 Å². The van der Waals surface area contributed by atoms with Crippen molar-refractivity contribution in [2.24, 2.45) is 0 Å². The quantitative estimate of drug-likeness (QED) is 0.773.